The molecular formula is C8H19N3O. The monoisotopic (exact) mass is 173 g/mol. The van der Waals surface area contributed by atoms with Crippen molar-refractivity contribution >= 4 is 5.91 Å². The Labute approximate surface area is 74.1 Å². The summed E-state index contributed by atoms with van der Waals surface area (Å²) in [5, 5.41) is 1.45. The smallest absolute Gasteiger partial charge is 0.253 e. The highest BCUT2D eigenvalue weighted by Crippen LogP contribution is 1.90. The molecule has 3 N–H and O–H groups in total. The second-order valence-corrected chi connectivity index (χ2v) is 3.44. The van der Waals surface area contributed by atoms with E-state index in [1.807, 2.05) is 0 Å². The third-order valence-corrected chi connectivity index (χ3v) is 1.46. The van der Waals surface area contributed by atoms with Crippen molar-refractivity contribution in [1.82, 2.24) is 10.4 Å². The zero-order valence-electron chi connectivity index (χ0n) is 8.29. The highest BCUT2D eigenvalue weighted by molar-refractivity contribution is 5.80. The van der Waals surface area contributed by atoms with Gasteiger partial charge in [0.05, 0.1) is 6.04 Å². The number of nitrogens with one attached hydrogen (secondary N) is 1. The Kier molecular flexibility index (Phi) is 4.85. The van der Waals surface area contributed by atoms with Crippen molar-refractivity contribution in [3.8, 4) is 0 Å². The average molecular weight is 173 g/mol. The van der Waals surface area contributed by atoms with Gasteiger partial charge < -0.3 is 5.73 Å². The van der Waals surface area contributed by atoms with Crippen molar-refractivity contribution in [2.45, 2.75) is 26.8 Å². The van der Waals surface area contributed by atoms with Gasteiger partial charge >= 0.3 is 0 Å². The number of carbonyl (C=O) groups is 1. The van der Waals surface area contributed by atoms with Crippen LogP contribution in [0.5, 0.6) is 0 Å². The fourth-order valence-electron chi connectivity index (χ4n) is 0.703. The van der Waals surface area contributed by atoms with Gasteiger partial charge in [0.1, 0.15) is 0 Å². The molecule has 1 atom stereocenters. The van der Waals surface area contributed by atoms with Crippen LogP contribution in [0.15, 0.2) is 0 Å². The zero-order valence-corrected chi connectivity index (χ0v) is 8.29. The van der Waals surface area contributed by atoms with Crippen molar-refractivity contribution in [2.75, 3.05) is 13.6 Å². The molecule has 0 saturated carbocycles. The molecule has 0 saturated heterocycles. The molecule has 1 amide bonds. The van der Waals surface area contributed by atoms with E-state index in [2.05, 4.69) is 19.3 Å². The van der Waals surface area contributed by atoms with Crippen molar-refractivity contribution in [3.63, 3.8) is 0 Å². The van der Waals surface area contributed by atoms with Crippen LogP contribution in [-0.2, 0) is 4.79 Å². The number of rotatable bonds is 4. The van der Waals surface area contributed by atoms with Gasteiger partial charge in [-0.15, -0.1) is 0 Å². The van der Waals surface area contributed by atoms with Crippen LogP contribution >= 0.6 is 0 Å². The van der Waals surface area contributed by atoms with E-state index in [4.69, 9.17) is 5.73 Å². The first-order valence-corrected chi connectivity index (χ1v) is 4.21. The molecule has 4 nitrogen and oxygen atoms in total. The maximum Gasteiger partial charge on any atom is 0.253 e. The topological polar surface area (TPSA) is 58.4 Å². The summed E-state index contributed by atoms with van der Waals surface area (Å²) >= 11 is 0. The number of hydrogen-bond donors (Lipinski definition) is 2. The Morgan fingerprint density at radius 3 is 2.33 bits per heavy atom. The number of hydrogen-bond acceptors (Lipinski definition) is 3. The van der Waals surface area contributed by atoms with Gasteiger partial charge in [-0.3, -0.25) is 9.80 Å². The minimum atomic E-state index is -0.435. The number of nitrogens with zero attached hydrogens (tertiary/aromatic N) is 1. The summed E-state index contributed by atoms with van der Waals surface area (Å²) in [5.41, 5.74) is 8.38. The van der Waals surface area contributed by atoms with Crippen LogP contribution in [0.3, 0.4) is 0 Å². The Balaban J connectivity index is 3.72. The Bertz CT molecular complexity index is 145. The lowest BCUT2D eigenvalue weighted by molar-refractivity contribution is -0.133. The van der Waals surface area contributed by atoms with Crippen molar-refractivity contribution < 1.29 is 4.79 Å². The van der Waals surface area contributed by atoms with Crippen LogP contribution in [-0.4, -0.2) is 30.6 Å². The van der Waals surface area contributed by atoms with Crippen LogP contribution in [0.4, 0.5) is 0 Å². The molecule has 0 aromatic heterocycles. The molecule has 0 bridgehead atoms. The molecule has 0 aromatic carbocycles. The fourth-order valence-corrected chi connectivity index (χ4v) is 0.703. The van der Waals surface area contributed by atoms with Crippen LogP contribution in [0, 0.1) is 5.92 Å². The zero-order chi connectivity index (χ0) is 9.72. The number of hydrazine groups is 1. The lowest BCUT2D eigenvalue weighted by Gasteiger charge is -2.21. The summed E-state index contributed by atoms with van der Waals surface area (Å²) < 4.78 is 0. The molecule has 72 valence electrons. The average Bonchev–Trinajstić information content (AvgIpc) is 1.98. The first-order valence-electron chi connectivity index (χ1n) is 4.21. The van der Waals surface area contributed by atoms with Gasteiger partial charge in [-0.2, -0.15) is 0 Å². The predicted octanol–water partition coefficient (Wildman–Crippen LogP) is -0.0474. The lowest BCUT2D eigenvalue weighted by atomic mass is 10.2. The highest BCUT2D eigenvalue weighted by atomic mass is 16.2. The molecule has 0 aliphatic carbocycles. The second kappa shape index (κ2) is 5.11. The SMILES string of the molecule is CC(C)CNN(C)C(=O)C(C)N. The van der Waals surface area contributed by atoms with E-state index >= 15 is 0 Å². The van der Waals surface area contributed by atoms with Gasteiger partial charge in [-0.25, -0.2) is 5.43 Å². The van der Waals surface area contributed by atoms with E-state index < -0.39 is 6.04 Å². The molecule has 0 heterocycles. The van der Waals surface area contributed by atoms with Crippen LogP contribution in [0.25, 0.3) is 0 Å². The maximum atomic E-state index is 11.2. The Morgan fingerprint density at radius 2 is 2.00 bits per heavy atom. The minimum absolute atomic E-state index is 0.0874. The summed E-state index contributed by atoms with van der Waals surface area (Å²) in [6.45, 7) is 6.62. The maximum absolute atomic E-state index is 11.2. The third kappa shape index (κ3) is 4.31. The van der Waals surface area contributed by atoms with Crippen molar-refractivity contribution in [2.24, 2.45) is 11.7 Å². The highest BCUT2D eigenvalue weighted by Gasteiger charge is 2.12. The predicted molar refractivity (Wildman–Crippen MR) is 49.3 cm³/mol. The van der Waals surface area contributed by atoms with Crippen LogP contribution in [0.2, 0.25) is 0 Å². The van der Waals surface area contributed by atoms with Gasteiger partial charge in [0.25, 0.3) is 5.91 Å². The molecule has 0 radical (unpaired) electrons. The normalized spacial score (nSPS) is 13.2. The second-order valence-electron chi connectivity index (χ2n) is 3.44. The van der Waals surface area contributed by atoms with E-state index in [0.29, 0.717) is 5.92 Å². The molecular weight excluding hydrogens is 154 g/mol. The summed E-state index contributed by atoms with van der Waals surface area (Å²) in [6.07, 6.45) is 0. The van der Waals surface area contributed by atoms with Gasteiger partial charge in [0, 0.05) is 13.6 Å². The van der Waals surface area contributed by atoms with E-state index in [1.54, 1.807) is 14.0 Å². The quantitative estimate of drug-likeness (QED) is 0.586. The first kappa shape index (κ1) is 11.4. The molecule has 0 aliphatic heterocycles. The van der Waals surface area contributed by atoms with Crippen LogP contribution < -0.4 is 11.2 Å². The van der Waals surface area contributed by atoms with Crippen molar-refractivity contribution in [3.05, 3.63) is 0 Å². The third-order valence-electron chi connectivity index (χ3n) is 1.46. The molecule has 0 aliphatic rings. The number of nitrogens with two attached hydrogens (primary N) is 1. The first-order chi connectivity index (χ1) is 5.45. The largest absolute Gasteiger partial charge is 0.320 e. The molecule has 0 fully saturated rings. The van der Waals surface area contributed by atoms with Gasteiger partial charge in [-0.05, 0) is 12.8 Å². The molecule has 4 heteroatoms. The molecule has 12 heavy (non-hydrogen) atoms. The van der Waals surface area contributed by atoms with E-state index in [-0.39, 0.29) is 5.91 Å². The van der Waals surface area contributed by atoms with Gasteiger partial charge in [0.2, 0.25) is 0 Å². The van der Waals surface area contributed by atoms with Crippen LogP contribution in [0.1, 0.15) is 20.8 Å². The lowest BCUT2D eigenvalue weighted by Crippen LogP contribution is -2.48. The van der Waals surface area contributed by atoms with Gasteiger partial charge in [0.15, 0.2) is 0 Å². The van der Waals surface area contributed by atoms with E-state index in [1.165, 1.54) is 5.01 Å². The summed E-state index contributed by atoms with van der Waals surface area (Å²) in [4.78, 5) is 11.2. The number of amides is 1. The number of carbonyl (C=O) groups excluding carboxylic acids is 1. The Morgan fingerprint density at radius 1 is 1.50 bits per heavy atom. The fraction of sp³-hybridized carbons (Fsp3) is 0.875. The molecule has 0 spiro atoms. The summed E-state index contributed by atoms with van der Waals surface area (Å²) in [7, 11) is 1.69. The Hall–Kier alpha value is -0.610. The van der Waals surface area contributed by atoms with E-state index in [0.717, 1.165) is 6.54 Å². The van der Waals surface area contributed by atoms with Crippen molar-refractivity contribution in [1.29, 1.82) is 0 Å². The molecule has 0 rings (SSSR count). The van der Waals surface area contributed by atoms with Gasteiger partial charge in [-0.1, -0.05) is 13.8 Å². The minimum Gasteiger partial charge on any atom is -0.320 e. The molecule has 0 aromatic rings. The summed E-state index contributed by atoms with van der Waals surface area (Å²) in [5.74, 6) is 0.434. The number of likely N-dealkylation sites (N-methyl/N-ethyl adjacent to an activating group) is 1. The standard InChI is InChI=1S/C8H19N3O/c1-6(2)5-10-11(4)8(12)7(3)9/h6-7,10H,5,9H2,1-4H3. The summed E-state index contributed by atoms with van der Waals surface area (Å²) in [6, 6.07) is -0.435. The van der Waals surface area contributed by atoms with E-state index in [9.17, 15) is 4.79 Å². The molecule has 1 unspecified atom stereocenters.